The highest BCUT2D eigenvalue weighted by Gasteiger charge is 2.47. The molecule has 25 heavy (non-hydrogen) atoms. The average Bonchev–Trinajstić information content (AvgIpc) is 3.37. The van der Waals surface area contributed by atoms with Crippen molar-refractivity contribution >= 4 is 11.6 Å². The Kier molecular flexibility index (Phi) is 3.28. The van der Waals surface area contributed by atoms with E-state index in [0.717, 1.165) is 55.5 Å². The van der Waals surface area contributed by atoms with Crippen LogP contribution in [-0.2, 0) is 11.3 Å². The summed E-state index contributed by atoms with van der Waals surface area (Å²) >= 11 is 0. The smallest absolute Gasteiger partial charge is 0.231 e. The monoisotopic (exact) mass is 340 g/mol. The highest BCUT2D eigenvalue weighted by Crippen LogP contribution is 2.44. The fraction of sp³-hybridized carbons (Fsp3) is 0.421. The lowest BCUT2D eigenvalue weighted by Crippen LogP contribution is -2.31. The lowest BCUT2D eigenvalue weighted by atomic mass is 9.86. The predicted octanol–water partition coefficient (Wildman–Crippen LogP) is 2.64. The summed E-state index contributed by atoms with van der Waals surface area (Å²) in [4.78, 5) is 17.0. The van der Waals surface area contributed by atoms with Crippen molar-refractivity contribution in [1.29, 1.82) is 0 Å². The van der Waals surface area contributed by atoms with Gasteiger partial charge in [-0.3, -0.25) is 9.69 Å². The molecule has 0 aliphatic carbocycles. The van der Waals surface area contributed by atoms with Crippen LogP contribution in [0.2, 0.25) is 0 Å². The van der Waals surface area contributed by atoms with Crippen LogP contribution in [0.1, 0.15) is 18.6 Å². The second kappa shape index (κ2) is 5.52. The van der Waals surface area contributed by atoms with Crippen LogP contribution in [0.5, 0.6) is 11.5 Å². The van der Waals surface area contributed by atoms with E-state index in [1.54, 1.807) is 6.26 Å². The zero-order valence-corrected chi connectivity index (χ0v) is 13.9. The van der Waals surface area contributed by atoms with Crippen LogP contribution in [0.3, 0.4) is 0 Å². The van der Waals surface area contributed by atoms with E-state index in [1.807, 2.05) is 35.2 Å². The summed E-state index contributed by atoms with van der Waals surface area (Å²) in [5.74, 6) is 2.64. The number of nitrogens with zero attached hydrogens (tertiary/aromatic N) is 2. The van der Waals surface area contributed by atoms with Crippen LogP contribution in [-0.4, -0.2) is 37.2 Å². The van der Waals surface area contributed by atoms with Crippen molar-refractivity contribution in [3.63, 3.8) is 0 Å². The number of benzene rings is 1. The van der Waals surface area contributed by atoms with E-state index >= 15 is 0 Å². The van der Waals surface area contributed by atoms with E-state index in [4.69, 9.17) is 13.9 Å². The minimum absolute atomic E-state index is 0.0417. The Hall–Kier alpha value is -2.47. The van der Waals surface area contributed by atoms with Gasteiger partial charge in [0, 0.05) is 36.7 Å². The number of amides is 1. The minimum Gasteiger partial charge on any atom is -0.468 e. The summed E-state index contributed by atoms with van der Waals surface area (Å²) in [7, 11) is 0. The molecule has 2 aromatic rings. The van der Waals surface area contributed by atoms with Crippen LogP contribution in [0, 0.1) is 5.41 Å². The lowest BCUT2D eigenvalue weighted by molar-refractivity contribution is -0.117. The Morgan fingerprint density at radius 2 is 2.04 bits per heavy atom. The standard InChI is InChI=1S/C19H20N2O4/c22-18-9-19(5-6-20(11-19)10-15-2-1-7-23-15)12-21(18)14-3-4-16-17(8-14)25-13-24-16/h1-4,7-8H,5-6,9-13H2/t19-/m0/s1. The zero-order valence-electron chi connectivity index (χ0n) is 13.9. The molecule has 130 valence electrons. The first-order valence-corrected chi connectivity index (χ1v) is 8.66. The molecule has 0 saturated carbocycles. The van der Waals surface area contributed by atoms with Crippen molar-refractivity contribution in [1.82, 2.24) is 4.90 Å². The third kappa shape index (κ3) is 2.57. The van der Waals surface area contributed by atoms with Crippen LogP contribution >= 0.6 is 0 Å². The van der Waals surface area contributed by atoms with Gasteiger partial charge < -0.3 is 18.8 Å². The fourth-order valence-electron chi connectivity index (χ4n) is 4.24. The maximum atomic E-state index is 12.7. The number of carbonyl (C=O) groups excluding carboxylic acids is 1. The Labute approximate surface area is 145 Å². The van der Waals surface area contributed by atoms with E-state index in [2.05, 4.69) is 4.90 Å². The van der Waals surface area contributed by atoms with E-state index in [9.17, 15) is 4.79 Å². The van der Waals surface area contributed by atoms with Gasteiger partial charge in [0.05, 0.1) is 12.8 Å². The normalized spacial score (nSPS) is 25.4. The summed E-state index contributed by atoms with van der Waals surface area (Å²) < 4.78 is 16.3. The number of ether oxygens (including phenoxy) is 2. The summed E-state index contributed by atoms with van der Waals surface area (Å²) in [6.45, 7) is 3.76. The molecule has 2 fully saturated rings. The van der Waals surface area contributed by atoms with Gasteiger partial charge in [0.2, 0.25) is 12.7 Å². The molecule has 5 rings (SSSR count). The second-order valence-electron chi connectivity index (χ2n) is 7.23. The molecule has 0 N–H and O–H groups in total. The number of anilines is 1. The topological polar surface area (TPSA) is 55.2 Å². The van der Waals surface area contributed by atoms with Gasteiger partial charge >= 0.3 is 0 Å². The first-order chi connectivity index (χ1) is 12.2. The molecule has 2 saturated heterocycles. The van der Waals surface area contributed by atoms with Crippen molar-refractivity contribution in [3.8, 4) is 11.5 Å². The number of rotatable bonds is 3. The fourth-order valence-corrected chi connectivity index (χ4v) is 4.24. The summed E-state index contributed by atoms with van der Waals surface area (Å²) in [5, 5.41) is 0. The lowest BCUT2D eigenvalue weighted by Gasteiger charge is -2.24. The van der Waals surface area contributed by atoms with Gasteiger partial charge in [-0.2, -0.15) is 0 Å². The van der Waals surface area contributed by atoms with Gasteiger partial charge in [0.1, 0.15) is 5.76 Å². The summed E-state index contributed by atoms with van der Waals surface area (Å²) in [6, 6.07) is 9.66. The predicted molar refractivity (Wildman–Crippen MR) is 90.6 cm³/mol. The van der Waals surface area contributed by atoms with E-state index in [0.29, 0.717) is 6.42 Å². The largest absolute Gasteiger partial charge is 0.468 e. The molecular weight excluding hydrogens is 320 g/mol. The van der Waals surface area contributed by atoms with Gasteiger partial charge in [-0.25, -0.2) is 0 Å². The van der Waals surface area contributed by atoms with Crippen molar-refractivity contribution in [2.45, 2.75) is 19.4 Å². The number of carbonyl (C=O) groups is 1. The molecule has 0 unspecified atom stereocenters. The first kappa shape index (κ1) is 14.8. The first-order valence-electron chi connectivity index (χ1n) is 8.66. The van der Waals surface area contributed by atoms with Crippen LogP contribution in [0.15, 0.2) is 41.0 Å². The van der Waals surface area contributed by atoms with Gasteiger partial charge in [-0.15, -0.1) is 0 Å². The molecule has 1 aromatic carbocycles. The van der Waals surface area contributed by atoms with Gasteiger partial charge in [-0.1, -0.05) is 0 Å². The Morgan fingerprint density at radius 3 is 2.92 bits per heavy atom. The highest BCUT2D eigenvalue weighted by molar-refractivity contribution is 5.96. The van der Waals surface area contributed by atoms with E-state index in [1.165, 1.54) is 0 Å². The third-order valence-electron chi connectivity index (χ3n) is 5.47. The third-order valence-corrected chi connectivity index (χ3v) is 5.47. The Morgan fingerprint density at radius 1 is 1.12 bits per heavy atom. The Balaban J connectivity index is 1.32. The summed E-state index contributed by atoms with van der Waals surface area (Å²) in [6.07, 6.45) is 3.36. The SMILES string of the molecule is O=C1C[C@]2(CCN(Cc3ccco3)C2)CN1c1ccc2c(c1)OCO2. The molecule has 6 heteroatoms. The van der Waals surface area contributed by atoms with Gasteiger partial charge in [0.25, 0.3) is 0 Å². The quantitative estimate of drug-likeness (QED) is 0.860. The molecule has 1 amide bonds. The van der Waals surface area contributed by atoms with Gasteiger partial charge in [0.15, 0.2) is 11.5 Å². The van der Waals surface area contributed by atoms with Crippen molar-refractivity contribution < 1.29 is 18.7 Å². The molecular formula is C19H20N2O4. The molecule has 1 aromatic heterocycles. The molecule has 0 bridgehead atoms. The van der Waals surface area contributed by atoms with Crippen molar-refractivity contribution in [3.05, 3.63) is 42.4 Å². The highest BCUT2D eigenvalue weighted by atomic mass is 16.7. The maximum Gasteiger partial charge on any atom is 0.231 e. The zero-order chi connectivity index (χ0) is 16.9. The molecule has 4 heterocycles. The maximum absolute atomic E-state index is 12.7. The average molecular weight is 340 g/mol. The number of likely N-dealkylation sites (tertiary alicyclic amines) is 1. The molecule has 3 aliphatic heterocycles. The number of hydrogen-bond acceptors (Lipinski definition) is 5. The summed E-state index contributed by atoms with van der Waals surface area (Å²) in [5.41, 5.74) is 0.940. The molecule has 0 radical (unpaired) electrons. The van der Waals surface area contributed by atoms with Crippen LogP contribution in [0.25, 0.3) is 0 Å². The number of hydrogen-bond donors (Lipinski definition) is 0. The van der Waals surface area contributed by atoms with Crippen molar-refractivity contribution in [2.75, 3.05) is 31.3 Å². The van der Waals surface area contributed by atoms with Crippen LogP contribution in [0.4, 0.5) is 5.69 Å². The van der Waals surface area contributed by atoms with Crippen LogP contribution < -0.4 is 14.4 Å². The molecule has 1 atom stereocenters. The Bertz CT molecular complexity index is 804. The van der Waals surface area contributed by atoms with Gasteiger partial charge in [-0.05, 0) is 37.2 Å². The number of fused-ring (bicyclic) bond motifs is 1. The molecule has 6 nitrogen and oxygen atoms in total. The number of furan rings is 1. The van der Waals surface area contributed by atoms with Crippen molar-refractivity contribution in [2.24, 2.45) is 5.41 Å². The molecule has 1 spiro atoms. The second-order valence-corrected chi connectivity index (χ2v) is 7.23. The molecule has 3 aliphatic rings. The minimum atomic E-state index is 0.0417. The van der Waals surface area contributed by atoms with E-state index in [-0.39, 0.29) is 18.1 Å². The van der Waals surface area contributed by atoms with E-state index < -0.39 is 0 Å².